The van der Waals surface area contributed by atoms with Crippen molar-refractivity contribution < 1.29 is 8.42 Å². The predicted octanol–water partition coefficient (Wildman–Crippen LogP) is 1.19. The largest absolute Gasteiger partial charge is 0.392 e. The maximum absolute atomic E-state index is 11.7. The summed E-state index contributed by atoms with van der Waals surface area (Å²) in [6.45, 7) is 2.87. The van der Waals surface area contributed by atoms with Crippen molar-refractivity contribution in [3.63, 3.8) is 0 Å². The quantitative estimate of drug-likeness (QED) is 0.740. The first kappa shape index (κ1) is 17.1. The van der Waals surface area contributed by atoms with Gasteiger partial charge in [0.15, 0.2) is 0 Å². The van der Waals surface area contributed by atoms with Crippen LogP contribution in [0.3, 0.4) is 0 Å². The average molecular weight is 334 g/mol. The molecule has 1 aliphatic heterocycles. The van der Waals surface area contributed by atoms with Crippen LogP contribution in [-0.4, -0.2) is 61.1 Å². The number of nitrogens with two attached hydrogens (primary N) is 1. The Morgan fingerprint density at radius 2 is 1.95 bits per heavy atom. The van der Waals surface area contributed by atoms with Crippen molar-refractivity contribution >= 4 is 27.2 Å². The number of sulfonamides is 1. The lowest BCUT2D eigenvalue weighted by Crippen LogP contribution is -2.47. The van der Waals surface area contributed by atoms with E-state index in [-0.39, 0.29) is 0 Å². The second-order valence-corrected chi connectivity index (χ2v) is 8.97. The predicted molar refractivity (Wildman–Crippen MR) is 89.8 cm³/mol. The van der Waals surface area contributed by atoms with E-state index in [1.165, 1.54) is 31.9 Å². The van der Waals surface area contributed by atoms with Crippen LogP contribution in [-0.2, 0) is 10.0 Å². The van der Waals surface area contributed by atoms with Crippen molar-refractivity contribution in [2.45, 2.75) is 44.6 Å². The van der Waals surface area contributed by atoms with Gasteiger partial charge in [0.2, 0.25) is 10.0 Å². The highest BCUT2D eigenvalue weighted by Crippen LogP contribution is 2.26. The molecule has 0 bridgehead atoms. The monoisotopic (exact) mass is 333 g/mol. The number of thiocarbonyl (C=S) groups is 1. The molecule has 1 saturated heterocycles. The third-order valence-corrected chi connectivity index (χ3v) is 6.04. The number of rotatable bonds is 6. The number of nitrogens with zero attached hydrogens (tertiary/aromatic N) is 2. The molecule has 122 valence electrons. The minimum atomic E-state index is -3.07. The summed E-state index contributed by atoms with van der Waals surface area (Å²) in [5.74, 6) is 0.392. The molecule has 1 unspecified atom stereocenters. The third kappa shape index (κ3) is 5.16. The van der Waals surface area contributed by atoms with Gasteiger partial charge in [-0.15, -0.1) is 0 Å². The summed E-state index contributed by atoms with van der Waals surface area (Å²) >= 11 is 5.09. The van der Waals surface area contributed by atoms with Gasteiger partial charge in [0, 0.05) is 32.2 Å². The topological polar surface area (TPSA) is 66.6 Å². The van der Waals surface area contributed by atoms with Crippen LogP contribution >= 0.6 is 12.2 Å². The van der Waals surface area contributed by atoms with E-state index in [0.29, 0.717) is 36.6 Å². The zero-order valence-corrected chi connectivity index (χ0v) is 14.5. The first-order valence-corrected chi connectivity index (χ1v) is 10.1. The van der Waals surface area contributed by atoms with Crippen molar-refractivity contribution in [3.05, 3.63) is 0 Å². The molecule has 0 spiro atoms. The minimum absolute atomic E-state index is 0.392. The highest BCUT2D eigenvalue weighted by atomic mass is 32.2. The van der Waals surface area contributed by atoms with E-state index in [1.54, 1.807) is 4.31 Å². The van der Waals surface area contributed by atoms with Gasteiger partial charge in [-0.3, -0.25) is 4.90 Å². The summed E-state index contributed by atoms with van der Waals surface area (Å²) in [5.41, 5.74) is 5.75. The molecular weight excluding hydrogens is 306 g/mol. The summed E-state index contributed by atoms with van der Waals surface area (Å²) < 4.78 is 25.1. The number of hydrogen-bond acceptors (Lipinski definition) is 4. The highest BCUT2D eigenvalue weighted by Gasteiger charge is 2.30. The van der Waals surface area contributed by atoms with Gasteiger partial charge in [-0.2, -0.15) is 0 Å². The van der Waals surface area contributed by atoms with Gasteiger partial charge in [0.25, 0.3) is 0 Å². The lowest BCUT2D eigenvalue weighted by atomic mass is 9.98. The third-order valence-electron chi connectivity index (χ3n) is 4.64. The second kappa shape index (κ2) is 7.35. The molecule has 2 rings (SSSR count). The molecule has 21 heavy (non-hydrogen) atoms. The summed E-state index contributed by atoms with van der Waals surface area (Å²) in [6, 6.07) is 0.570. The molecule has 2 fully saturated rings. The Kier molecular flexibility index (Phi) is 5.99. The SMILES string of the molecule is CS(=O)(=O)N1CCCC(CN(CC(N)=S)C2CCCC2)C1. The highest BCUT2D eigenvalue weighted by molar-refractivity contribution is 7.88. The standard InChI is InChI=1S/C14H27N3O2S2/c1-21(18,19)17-8-4-5-12(10-17)9-16(11-14(15)20)13-6-2-3-7-13/h12-13H,2-11H2,1H3,(H2,15,20). The maximum atomic E-state index is 11.7. The summed E-state index contributed by atoms with van der Waals surface area (Å²) in [4.78, 5) is 2.93. The first-order chi connectivity index (χ1) is 9.86. The molecule has 0 amide bonds. The summed E-state index contributed by atoms with van der Waals surface area (Å²) in [7, 11) is -3.07. The molecule has 0 aromatic rings. The second-order valence-electron chi connectivity index (χ2n) is 6.46. The fourth-order valence-corrected chi connectivity index (χ4v) is 4.73. The van der Waals surface area contributed by atoms with Gasteiger partial charge < -0.3 is 5.73 Å². The van der Waals surface area contributed by atoms with Gasteiger partial charge in [0.05, 0.1) is 11.2 Å². The van der Waals surface area contributed by atoms with Crippen molar-refractivity contribution in [2.75, 3.05) is 32.4 Å². The normalized spacial score (nSPS) is 25.5. The van der Waals surface area contributed by atoms with Crippen LogP contribution in [0.15, 0.2) is 0 Å². The zero-order chi connectivity index (χ0) is 15.5. The van der Waals surface area contributed by atoms with Gasteiger partial charge in [0.1, 0.15) is 0 Å². The Balaban J connectivity index is 1.97. The van der Waals surface area contributed by atoms with Gasteiger partial charge in [-0.1, -0.05) is 25.1 Å². The van der Waals surface area contributed by atoms with Crippen molar-refractivity contribution in [1.82, 2.24) is 9.21 Å². The molecule has 1 aliphatic carbocycles. The van der Waals surface area contributed by atoms with Gasteiger partial charge >= 0.3 is 0 Å². The minimum Gasteiger partial charge on any atom is -0.392 e. The molecule has 0 aromatic heterocycles. The maximum Gasteiger partial charge on any atom is 0.211 e. The van der Waals surface area contributed by atoms with E-state index in [4.69, 9.17) is 18.0 Å². The smallest absolute Gasteiger partial charge is 0.211 e. The summed E-state index contributed by atoms with van der Waals surface area (Å²) in [6.07, 6.45) is 8.32. The Morgan fingerprint density at radius 3 is 2.52 bits per heavy atom. The van der Waals surface area contributed by atoms with E-state index >= 15 is 0 Å². The van der Waals surface area contributed by atoms with Crippen LogP contribution in [0, 0.1) is 5.92 Å². The molecule has 0 aromatic carbocycles. The molecule has 1 saturated carbocycles. The van der Waals surface area contributed by atoms with E-state index in [2.05, 4.69) is 4.90 Å². The van der Waals surface area contributed by atoms with E-state index < -0.39 is 10.0 Å². The molecular formula is C14H27N3O2S2. The number of hydrogen-bond donors (Lipinski definition) is 1. The van der Waals surface area contributed by atoms with Gasteiger partial charge in [-0.25, -0.2) is 12.7 Å². The Hall–Kier alpha value is -0.240. The lowest BCUT2D eigenvalue weighted by Gasteiger charge is -2.36. The zero-order valence-electron chi connectivity index (χ0n) is 12.8. The fraction of sp³-hybridized carbons (Fsp3) is 0.929. The van der Waals surface area contributed by atoms with Crippen LogP contribution in [0.2, 0.25) is 0 Å². The van der Waals surface area contributed by atoms with E-state index in [0.717, 1.165) is 19.4 Å². The Labute approximate surface area is 133 Å². The van der Waals surface area contributed by atoms with Crippen LogP contribution in [0.5, 0.6) is 0 Å². The molecule has 7 heteroatoms. The first-order valence-electron chi connectivity index (χ1n) is 7.83. The van der Waals surface area contributed by atoms with Crippen LogP contribution in [0.4, 0.5) is 0 Å². The van der Waals surface area contributed by atoms with Crippen LogP contribution < -0.4 is 5.73 Å². The van der Waals surface area contributed by atoms with Crippen molar-refractivity contribution in [1.29, 1.82) is 0 Å². The van der Waals surface area contributed by atoms with E-state index in [9.17, 15) is 8.42 Å². The van der Waals surface area contributed by atoms with Crippen molar-refractivity contribution in [2.24, 2.45) is 11.7 Å². The van der Waals surface area contributed by atoms with Crippen LogP contribution in [0.1, 0.15) is 38.5 Å². The molecule has 2 aliphatic rings. The van der Waals surface area contributed by atoms with Crippen molar-refractivity contribution in [3.8, 4) is 0 Å². The molecule has 1 heterocycles. The Bertz CT molecular complexity index is 461. The summed E-state index contributed by atoms with van der Waals surface area (Å²) in [5, 5.41) is 0. The van der Waals surface area contributed by atoms with Gasteiger partial charge in [-0.05, 0) is 31.6 Å². The Morgan fingerprint density at radius 1 is 1.29 bits per heavy atom. The number of piperidine rings is 1. The fourth-order valence-electron chi connectivity index (χ4n) is 3.62. The lowest BCUT2D eigenvalue weighted by molar-refractivity contribution is 0.155. The molecule has 2 N–H and O–H groups in total. The van der Waals surface area contributed by atoms with E-state index in [1.807, 2.05) is 0 Å². The molecule has 1 atom stereocenters. The molecule has 0 radical (unpaired) electrons. The average Bonchev–Trinajstić information content (AvgIpc) is 2.90. The molecule has 5 nitrogen and oxygen atoms in total. The van der Waals surface area contributed by atoms with Crippen LogP contribution in [0.25, 0.3) is 0 Å².